The van der Waals surface area contributed by atoms with Crippen molar-refractivity contribution in [3.63, 3.8) is 0 Å². The largest absolute Gasteiger partial charge is 0.495 e. The molecule has 0 bridgehead atoms. The van der Waals surface area contributed by atoms with Crippen LogP contribution in [-0.4, -0.2) is 82.8 Å². The number of carbonyl (C=O) groups is 1. The van der Waals surface area contributed by atoms with Crippen molar-refractivity contribution in [1.82, 2.24) is 13.9 Å². The van der Waals surface area contributed by atoms with E-state index in [4.69, 9.17) is 18.9 Å². The summed E-state index contributed by atoms with van der Waals surface area (Å²) in [7, 11) is 1.94. The lowest BCUT2D eigenvalue weighted by atomic mass is 10.2. The summed E-state index contributed by atoms with van der Waals surface area (Å²) in [6, 6.07) is 10.7. The van der Waals surface area contributed by atoms with E-state index < -0.39 is 28.0 Å². The lowest BCUT2D eigenvalue weighted by Crippen LogP contribution is -2.49. The zero-order valence-electron chi connectivity index (χ0n) is 24.9. The number of para-hydroxylation sites is 2. The summed E-state index contributed by atoms with van der Waals surface area (Å²) in [6.45, 7) is 2.61. The molecule has 44 heavy (non-hydrogen) atoms. The van der Waals surface area contributed by atoms with Crippen LogP contribution in [0.2, 0.25) is 0 Å². The lowest BCUT2D eigenvalue weighted by Gasteiger charge is -2.35. The van der Waals surface area contributed by atoms with Gasteiger partial charge in [-0.1, -0.05) is 12.1 Å². The highest BCUT2D eigenvalue weighted by atomic mass is 32.2. The number of nitrogens with one attached hydrogen (secondary N) is 1. The number of nitrogens with zero attached hydrogens (tertiary/aromatic N) is 4. The molecule has 0 aliphatic carbocycles. The number of sulfonamides is 1. The molecule has 0 unspecified atom stereocenters. The van der Waals surface area contributed by atoms with E-state index in [2.05, 4.69) is 15.2 Å². The van der Waals surface area contributed by atoms with Gasteiger partial charge >= 0.3 is 0 Å². The van der Waals surface area contributed by atoms with E-state index in [1.807, 2.05) is 24.3 Å². The monoisotopic (exact) mass is 643 g/mol. The molecule has 13 nitrogen and oxygen atoms in total. The number of benzene rings is 2. The zero-order chi connectivity index (χ0) is 31.6. The Morgan fingerprint density at radius 1 is 0.955 bits per heavy atom. The van der Waals surface area contributed by atoms with Crippen LogP contribution in [0.3, 0.4) is 0 Å². The van der Waals surface area contributed by atoms with Crippen LogP contribution < -0.4 is 34.7 Å². The number of aromatic nitrogens is 2. The molecule has 3 heterocycles. The highest BCUT2D eigenvalue weighted by molar-refractivity contribution is 7.89. The van der Waals surface area contributed by atoms with Gasteiger partial charge in [-0.25, -0.2) is 13.4 Å². The number of carbonyl (C=O) groups excluding carboxylic acids is 1. The maximum absolute atomic E-state index is 13.9. The normalized spacial score (nSPS) is 14.0. The molecular weight excluding hydrogens is 610 g/mol. The minimum atomic E-state index is -4.04. The Bertz CT molecular complexity index is 1840. The van der Waals surface area contributed by atoms with Crippen LogP contribution in [0, 0.1) is 6.92 Å². The van der Waals surface area contributed by atoms with Crippen LogP contribution in [0.15, 0.2) is 52.4 Å². The van der Waals surface area contributed by atoms with Crippen LogP contribution in [0.25, 0.3) is 10.2 Å². The number of methoxy groups -OCH3 is 4. The van der Waals surface area contributed by atoms with Gasteiger partial charge in [-0.3, -0.25) is 14.2 Å². The molecule has 4 aromatic rings. The van der Waals surface area contributed by atoms with Crippen LogP contribution in [0.4, 0.5) is 11.4 Å². The number of aryl methyl sites for hydroxylation is 1. The minimum absolute atomic E-state index is 0.0252. The molecule has 234 valence electrons. The second-order valence-corrected chi connectivity index (χ2v) is 12.9. The first-order chi connectivity index (χ1) is 21.1. The molecule has 0 atom stereocenters. The van der Waals surface area contributed by atoms with Crippen molar-refractivity contribution < 1.29 is 32.2 Å². The number of hydrogen-bond donors (Lipinski definition) is 1. The number of thiophene rings is 1. The van der Waals surface area contributed by atoms with E-state index >= 15 is 0 Å². The Morgan fingerprint density at radius 2 is 1.59 bits per heavy atom. The number of hydrogen-bond acceptors (Lipinski definition) is 11. The average Bonchev–Trinajstić information content (AvgIpc) is 3.39. The predicted molar refractivity (Wildman–Crippen MR) is 167 cm³/mol. The molecular formula is C29H33N5O8S2. The fraction of sp³-hybridized carbons (Fsp3) is 0.345. The lowest BCUT2D eigenvalue weighted by molar-refractivity contribution is -0.116. The predicted octanol–water partition coefficient (Wildman–Crippen LogP) is 2.95. The summed E-state index contributed by atoms with van der Waals surface area (Å²) < 4.78 is 51.8. The third-order valence-corrected chi connectivity index (χ3v) is 10.5. The molecule has 1 aliphatic rings. The average molecular weight is 644 g/mol. The Labute approximate surface area is 258 Å². The topological polar surface area (TPSA) is 142 Å². The van der Waals surface area contributed by atoms with Gasteiger partial charge in [-0.05, 0) is 19.1 Å². The highest BCUT2D eigenvalue weighted by Gasteiger charge is 2.34. The van der Waals surface area contributed by atoms with Gasteiger partial charge in [0.15, 0.2) is 11.5 Å². The molecule has 1 saturated heterocycles. The number of amides is 1. The van der Waals surface area contributed by atoms with Gasteiger partial charge in [0.25, 0.3) is 5.56 Å². The highest BCUT2D eigenvalue weighted by Crippen LogP contribution is 2.40. The molecule has 1 N–H and O–H groups in total. The number of fused-ring (bicyclic) bond motifs is 1. The van der Waals surface area contributed by atoms with Gasteiger partial charge in [0.1, 0.15) is 22.0 Å². The molecule has 1 amide bonds. The summed E-state index contributed by atoms with van der Waals surface area (Å²) in [4.78, 5) is 33.7. The van der Waals surface area contributed by atoms with E-state index in [1.54, 1.807) is 26.2 Å². The molecule has 5 rings (SSSR count). The summed E-state index contributed by atoms with van der Waals surface area (Å²) in [6.07, 6.45) is 1.25. The van der Waals surface area contributed by atoms with Crippen LogP contribution >= 0.6 is 11.3 Å². The minimum Gasteiger partial charge on any atom is -0.495 e. The van der Waals surface area contributed by atoms with E-state index in [1.165, 1.54) is 32.0 Å². The standard InChI is InChI=1S/C29H33N5O8S2/c1-18-27(44(37,38)34-12-10-32(11-13-34)20-8-6-7-9-21(20)39-2)25-28(43-18)30-17-33(29(25)36)16-24(35)31-19-14-22(40-3)26(42-5)23(15-19)41-4/h6-9,14-15,17H,10-13,16H2,1-5H3,(H,31,35). The van der Waals surface area contributed by atoms with Crippen molar-refractivity contribution in [2.24, 2.45) is 0 Å². The first-order valence-corrected chi connectivity index (χ1v) is 15.8. The van der Waals surface area contributed by atoms with Crippen LogP contribution in [0.1, 0.15) is 4.88 Å². The van der Waals surface area contributed by atoms with Gasteiger partial charge in [0.2, 0.25) is 21.7 Å². The number of anilines is 2. The molecule has 1 aliphatic heterocycles. The fourth-order valence-electron chi connectivity index (χ4n) is 5.23. The SMILES string of the molecule is COc1ccccc1N1CCN(S(=O)(=O)c2c(C)sc3ncn(CC(=O)Nc4cc(OC)c(OC)c(OC)c4)c(=O)c23)CC1. The summed E-state index contributed by atoms with van der Waals surface area (Å²) in [5, 5.41) is 2.69. The quantitative estimate of drug-likeness (QED) is 0.274. The smallest absolute Gasteiger partial charge is 0.263 e. The van der Waals surface area contributed by atoms with Gasteiger partial charge in [0.05, 0.1) is 45.8 Å². The molecule has 15 heteroatoms. The number of piperazine rings is 1. The second-order valence-electron chi connectivity index (χ2n) is 9.87. The number of ether oxygens (including phenoxy) is 4. The van der Waals surface area contributed by atoms with Crippen molar-refractivity contribution >= 4 is 48.9 Å². The van der Waals surface area contributed by atoms with Crippen molar-refractivity contribution in [2.45, 2.75) is 18.4 Å². The Morgan fingerprint density at radius 3 is 2.20 bits per heavy atom. The first kappa shape index (κ1) is 31.1. The first-order valence-electron chi connectivity index (χ1n) is 13.6. The molecule has 1 fully saturated rings. The maximum Gasteiger partial charge on any atom is 0.263 e. The van der Waals surface area contributed by atoms with Crippen LogP contribution in [-0.2, 0) is 21.4 Å². The third-order valence-electron chi connectivity index (χ3n) is 7.32. The van der Waals surface area contributed by atoms with E-state index in [-0.39, 0.29) is 23.4 Å². The summed E-state index contributed by atoms with van der Waals surface area (Å²) >= 11 is 1.13. The Hall–Kier alpha value is -4.34. The van der Waals surface area contributed by atoms with Crippen molar-refractivity contribution in [2.75, 3.05) is 64.8 Å². The zero-order valence-corrected chi connectivity index (χ0v) is 26.6. The van der Waals surface area contributed by atoms with Crippen molar-refractivity contribution in [3.05, 3.63) is 58.0 Å². The van der Waals surface area contributed by atoms with Gasteiger partial charge in [-0.2, -0.15) is 4.31 Å². The van der Waals surface area contributed by atoms with Gasteiger partial charge in [0, 0.05) is 48.9 Å². The Balaban J connectivity index is 1.39. The van der Waals surface area contributed by atoms with Gasteiger partial charge in [-0.15, -0.1) is 11.3 Å². The van der Waals surface area contributed by atoms with Crippen molar-refractivity contribution in [3.8, 4) is 23.0 Å². The van der Waals surface area contributed by atoms with E-state index in [9.17, 15) is 18.0 Å². The molecule has 0 radical (unpaired) electrons. The van der Waals surface area contributed by atoms with Gasteiger partial charge < -0.3 is 29.2 Å². The third kappa shape index (κ3) is 5.77. The fourth-order valence-corrected chi connectivity index (χ4v) is 8.32. The molecule has 0 saturated carbocycles. The van der Waals surface area contributed by atoms with Crippen molar-refractivity contribution in [1.29, 1.82) is 0 Å². The maximum atomic E-state index is 13.9. The van der Waals surface area contributed by atoms with Crippen LogP contribution in [0.5, 0.6) is 23.0 Å². The molecule has 2 aromatic carbocycles. The Kier molecular flexibility index (Phi) is 8.99. The van der Waals surface area contributed by atoms with E-state index in [0.717, 1.165) is 21.6 Å². The summed E-state index contributed by atoms with van der Waals surface area (Å²) in [5.41, 5.74) is 0.625. The summed E-state index contributed by atoms with van der Waals surface area (Å²) in [5.74, 6) is 1.22. The molecule has 0 spiro atoms. The second kappa shape index (κ2) is 12.7. The molecule has 2 aromatic heterocycles. The van der Waals surface area contributed by atoms with E-state index in [0.29, 0.717) is 51.5 Å². The number of rotatable bonds is 10.